The number of quaternary nitrogens is 1. The predicted molar refractivity (Wildman–Crippen MR) is 144 cm³/mol. The second-order valence-electron chi connectivity index (χ2n) is 8.98. The van der Waals surface area contributed by atoms with E-state index in [0.717, 1.165) is 22.0 Å². The summed E-state index contributed by atoms with van der Waals surface area (Å²) in [4.78, 5) is 25.7. The van der Waals surface area contributed by atoms with Crippen LogP contribution in [0.4, 0.5) is 11.6 Å². The number of carbonyl (C=O) groups is 1. The lowest BCUT2D eigenvalue weighted by Crippen LogP contribution is -2.59. The Labute approximate surface area is 215 Å². The Morgan fingerprint density at radius 2 is 1.78 bits per heavy atom. The fourth-order valence-electron chi connectivity index (χ4n) is 4.55. The summed E-state index contributed by atoms with van der Waals surface area (Å²) in [7, 11) is -3.47. The van der Waals surface area contributed by atoms with Gasteiger partial charge in [-0.1, -0.05) is 24.3 Å². The molecule has 9 nitrogen and oxygen atoms in total. The van der Waals surface area contributed by atoms with E-state index in [2.05, 4.69) is 32.1 Å². The van der Waals surface area contributed by atoms with E-state index in [1.807, 2.05) is 36.5 Å². The fraction of sp³-hybridized carbons (Fsp3) is 0.222. The van der Waals surface area contributed by atoms with Crippen LogP contribution in [0.2, 0.25) is 0 Å². The maximum atomic E-state index is 13.1. The van der Waals surface area contributed by atoms with E-state index in [0.29, 0.717) is 37.6 Å². The SMILES string of the molecule is [NH3+]CC(=O)N1CCC(S(=O)(=O)c2ccc(Nc3ncc(C=Cc4cccc5[nH]ccc45)cn3)cc2)CC1. The maximum Gasteiger partial charge on any atom is 0.277 e. The monoisotopic (exact) mass is 517 g/mol. The smallest absolute Gasteiger partial charge is 0.277 e. The van der Waals surface area contributed by atoms with Crippen molar-refractivity contribution in [2.75, 3.05) is 25.0 Å². The molecule has 0 aliphatic carbocycles. The Bertz CT molecular complexity index is 1520. The lowest BCUT2D eigenvalue weighted by Gasteiger charge is -2.31. The van der Waals surface area contributed by atoms with Gasteiger partial charge >= 0.3 is 0 Å². The van der Waals surface area contributed by atoms with Crippen LogP contribution in [0, 0.1) is 0 Å². The number of likely N-dealkylation sites (tertiary alicyclic amines) is 1. The van der Waals surface area contributed by atoms with Crippen molar-refractivity contribution in [2.45, 2.75) is 23.0 Å². The zero-order valence-corrected chi connectivity index (χ0v) is 21.1. The minimum absolute atomic E-state index is 0.0353. The highest BCUT2D eigenvalue weighted by Crippen LogP contribution is 2.26. The van der Waals surface area contributed by atoms with E-state index in [4.69, 9.17) is 0 Å². The van der Waals surface area contributed by atoms with Crippen LogP contribution in [-0.2, 0) is 14.6 Å². The molecule has 0 unspecified atom stereocenters. The van der Waals surface area contributed by atoms with Crippen LogP contribution >= 0.6 is 0 Å². The van der Waals surface area contributed by atoms with Crippen LogP contribution in [0.5, 0.6) is 0 Å². The number of nitrogens with zero attached hydrogens (tertiary/aromatic N) is 3. The van der Waals surface area contributed by atoms with Gasteiger partial charge in [0.1, 0.15) is 0 Å². The second kappa shape index (κ2) is 10.5. The molecular weight excluding hydrogens is 488 g/mol. The number of rotatable bonds is 7. The van der Waals surface area contributed by atoms with Crippen molar-refractivity contribution in [3.8, 4) is 0 Å². The quantitative estimate of drug-likeness (QED) is 0.345. The topological polar surface area (TPSA) is 136 Å². The van der Waals surface area contributed by atoms with E-state index < -0.39 is 15.1 Å². The van der Waals surface area contributed by atoms with Gasteiger partial charge in [-0.2, -0.15) is 0 Å². The number of hydrogen-bond donors (Lipinski definition) is 3. The Kier molecular flexibility index (Phi) is 7.02. The third kappa shape index (κ3) is 5.40. The third-order valence-corrected chi connectivity index (χ3v) is 8.92. The molecule has 0 radical (unpaired) electrons. The number of anilines is 2. The van der Waals surface area contributed by atoms with Gasteiger partial charge in [0.25, 0.3) is 5.91 Å². The van der Waals surface area contributed by atoms with Crippen molar-refractivity contribution >= 4 is 50.4 Å². The number of amides is 1. The Hall–Kier alpha value is -4.02. The molecule has 10 heteroatoms. The first kappa shape index (κ1) is 24.7. The largest absolute Gasteiger partial charge is 0.361 e. The van der Waals surface area contributed by atoms with Gasteiger partial charge in [-0.25, -0.2) is 18.4 Å². The van der Waals surface area contributed by atoms with Crippen LogP contribution < -0.4 is 11.1 Å². The summed E-state index contributed by atoms with van der Waals surface area (Å²) in [5.41, 5.74) is 7.36. The van der Waals surface area contributed by atoms with Crippen LogP contribution in [0.25, 0.3) is 23.1 Å². The summed E-state index contributed by atoms with van der Waals surface area (Å²) in [6, 6.07) is 14.8. The number of fused-ring (bicyclic) bond motifs is 1. The number of carbonyl (C=O) groups excluding carboxylic acids is 1. The molecule has 3 heterocycles. The highest BCUT2D eigenvalue weighted by atomic mass is 32.2. The molecule has 0 atom stereocenters. The number of aromatic nitrogens is 3. The molecule has 1 amide bonds. The summed E-state index contributed by atoms with van der Waals surface area (Å²) in [6.45, 7) is 1.09. The van der Waals surface area contributed by atoms with Gasteiger partial charge in [-0.3, -0.25) is 4.79 Å². The lowest BCUT2D eigenvalue weighted by atomic mass is 10.1. The Morgan fingerprint density at radius 1 is 1.05 bits per heavy atom. The normalized spacial score (nSPS) is 14.9. The third-order valence-electron chi connectivity index (χ3n) is 6.64. The molecule has 0 bridgehead atoms. The predicted octanol–water partition coefficient (Wildman–Crippen LogP) is 2.88. The molecule has 2 aromatic heterocycles. The lowest BCUT2D eigenvalue weighted by molar-refractivity contribution is -0.357. The summed E-state index contributed by atoms with van der Waals surface area (Å²) in [6.07, 6.45) is 10.2. The summed E-state index contributed by atoms with van der Waals surface area (Å²) in [5.74, 6) is 0.384. The summed E-state index contributed by atoms with van der Waals surface area (Å²) < 4.78 is 26.2. The van der Waals surface area contributed by atoms with Crippen molar-refractivity contribution in [3.63, 3.8) is 0 Å². The first-order valence-corrected chi connectivity index (χ1v) is 13.7. The average Bonchev–Trinajstić information content (AvgIpc) is 3.42. The van der Waals surface area contributed by atoms with Crippen LogP contribution in [-0.4, -0.2) is 59.1 Å². The molecule has 1 aliphatic heterocycles. The molecule has 5 N–H and O–H groups in total. The van der Waals surface area contributed by atoms with E-state index in [1.165, 1.54) is 0 Å². The fourth-order valence-corrected chi connectivity index (χ4v) is 6.28. The minimum atomic E-state index is -3.47. The number of H-pyrrole nitrogens is 1. The van der Waals surface area contributed by atoms with Gasteiger partial charge in [-0.15, -0.1) is 0 Å². The number of hydrogen-bond acceptors (Lipinski definition) is 6. The first-order valence-electron chi connectivity index (χ1n) is 12.2. The molecule has 1 saturated heterocycles. The number of nitrogens with one attached hydrogen (secondary N) is 2. The molecule has 37 heavy (non-hydrogen) atoms. The summed E-state index contributed by atoms with van der Waals surface area (Å²) >= 11 is 0. The molecule has 4 aromatic rings. The molecular formula is C27H29N6O3S+. The van der Waals surface area contributed by atoms with Gasteiger partial charge in [0.05, 0.1) is 10.1 Å². The molecule has 5 rings (SSSR count). The number of piperidine rings is 1. The van der Waals surface area contributed by atoms with E-state index in [1.54, 1.807) is 41.6 Å². The van der Waals surface area contributed by atoms with Crippen LogP contribution in [0.3, 0.4) is 0 Å². The van der Waals surface area contributed by atoms with E-state index in [-0.39, 0.29) is 17.3 Å². The summed E-state index contributed by atoms with van der Waals surface area (Å²) in [5, 5.41) is 3.77. The first-order chi connectivity index (χ1) is 17.9. The minimum Gasteiger partial charge on any atom is -0.361 e. The highest BCUT2D eigenvalue weighted by Gasteiger charge is 2.32. The second-order valence-corrected chi connectivity index (χ2v) is 11.2. The zero-order chi connectivity index (χ0) is 25.8. The van der Waals surface area contributed by atoms with Crippen molar-refractivity contribution in [1.29, 1.82) is 0 Å². The van der Waals surface area contributed by atoms with Crippen LogP contribution in [0.15, 0.2) is 72.0 Å². The number of sulfone groups is 1. The molecule has 0 spiro atoms. The van der Waals surface area contributed by atoms with Gasteiger partial charge < -0.3 is 20.9 Å². The van der Waals surface area contributed by atoms with Gasteiger partial charge in [-0.05, 0) is 54.8 Å². The standard InChI is InChI=1S/C27H28N6O3S/c28-16-26(34)33-14-11-23(12-15-33)37(35,36)22-8-6-21(7-9-22)32-27-30-17-19(18-31-27)4-5-20-2-1-3-25-24(20)10-13-29-25/h1-10,13,17-18,23,29H,11-12,14-16,28H2,(H,30,31,32)/p+1. The molecule has 1 aliphatic rings. The van der Waals surface area contributed by atoms with Crippen molar-refractivity contribution in [3.05, 3.63) is 78.2 Å². The zero-order valence-electron chi connectivity index (χ0n) is 20.3. The maximum absolute atomic E-state index is 13.1. The van der Waals surface area contributed by atoms with E-state index in [9.17, 15) is 13.2 Å². The van der Waals surface area contributed by atoms with Crippen molar-refractivity contribution in [1.82, 2.24) is 19.9 Å². The highest BCUT2D eigenvalue weighted by molar-refractivity contribution is 7.92. The molecule has 1 fully saturated rings. The molecule has 2 aromatic carbocycles. The van der Waals surface area contributed by atoms with E-state index >= 15 is 0 Å². The van der Waals surface area contributed by atoms with Gasteiger partial charge in [0.2, 0.25) is 5.95 Å². The van der Waals surface area contributed by atoms with Gasteiger partial charge in [0, 0.05) is 53.8 Å². The van der Waals surface area contributed by atoms with Crippen LogP contribution in [0.1, 0.15) is 24.0 Å². The average molecular weight is 518 g/mol. The van der Waals surface area contributed by atoms with Crippen molar-refractivity contribution < 1.29 is 18.9 Å². The number of benzene rings is 2. The van der Waals surface area contributed by atoms with Gasteiger partial charge in [0.15, 0.2) is 16.4 Å². The number of aromatic amines is 1. The molecule has 0 saturated carbocycles. The Balaban J connectivity index is 1.21. The Morgan fingerprint density at radius 3 is 2.49 bits per heavy atom. The molecule has 190 valence electrons. The van der Waals surface area contributed by atoms with Crippen molar-refractivity contribution in [2.24, 2.45) is 0 Å².